The van der Waals surface area contributed by atoms with E-state index in [1.54, 1.807) is 6.07 Å². The Hall–Kier alpha value is -3.13. The maximum absolute atomic E-state index is 12.0. The molecule has 140 valence electrons. The molecule has 0 radical (unpaired) electrons. The quantitative estimate of drug-likeness (QED) is 0.579. The van der Waals surface area contributed by atoms with E-state index in [2.05, 4.69) is 10.3 Å². The highest BCUT2D eigenvalue weighted by molar-refractivity contribution is 7.16. The van der Waals surface area contributed by atoms with Gasteiger partial charge in [-0.2, -0.15) is 0 Å². The number of alkyl carbamates (subject to hydrolysis) is 1. The molecule has 3 rings (SSSR count). The van der Waals surface area contributed by atoms with Crippen molar-refractivity contribution in [1.82, 2.24) is 10.3 Å². The lowest BCUT2D eigenvalue weighted by Crippen LogP contribution is -2.26. The highest BCUT2D eigenvalue weighted by Crippen LogP contribution is 2.28. The van der Waals surface area contributed by atoms with Gasteiger partial charge in [-0.05, 0) is 23.6 Å². The fourth-order valence-corrected chi connectivity index (χ4v) is 3.48. The minimum atomic E-state index is -0.650. The maximum atomic E-state index is 12.0. The van der Waals surface area contributed by atoms with Gasteiger partial charge in [-0.15, -0.1) is 0 Å². The van der Waals surface area contributed by atoms with Gasteiger partial charge in [-0.25, -0.2) is 4.79 Å². The number of H-pyrrole nitrogens is 1. The van der Waals surface area contributed by atoms with Crippen LogP contribution < -0.4 is 10.2 Å². The number of rotatable bonds is 7. The molecular weight excluding hydrogens is 368 g/mol. The van der Waals surface area contributed by atoms with Gasteiger partial charge in [0.15, 0.2) is 12.4 Å². The number of phenols is 1. The molecule has 0 fully saturated rings. The molecule has 1 amide bonds. The van der Waals surface area contributed by atoms with Gasteiger partial charge in [-0.3, -0.25) is 9.59 Å². The molecular formula is C19H18N2O5S. The van der Waals surface area contributed by atoms with Gasteiger partial charge in [0.25, 0.3) is 0 Å². The van der Waals surface area contributed by atoms with Crippen LogP contribution >= 0.6 is 11.3 Å². The van der Waals surface area contributed by atoms with Gasteiger partial charge < -0.3 is 20.1 Å². The normalized spacial score (nSPS) is 10.7. The number of ether oxygens (including phenoxy) is 1. The molecule has 7 nitrogen and oxygen atoms in total. The smallest absolute Gasteiger partial charge is 0.407 e. The van der Waals surface area contributed by atoms with Crippen molar-refractivity contribution in [2.24, 2.45) is 0 Å². The first kappa shape index (κ1) is 18.7. The van der Waals surface area contributed by atoms with Crippen molar-refractivity contribution in [2.45, 2.75) is 19.4 Å². The molecule has 27 heavy (non-hydrogen) atoms. The van der Waals surface area contributed by atoms with Crippen molar-refractivity contribution in [3.8, 4) is 5.75 Å². The summed E-state index contributed by atoms with van der Waals surface area (Å²) in [6, 6.07) is 12.5. The number of aryl methyl sites for hydroxylation is 1. The van der Waals surface area contributed by atoms with Gasteiger partial charge in [-0.1, -0.05) is 47.7 Å². The van der Waals surface area contributed by atoms with Crippen LogP contribution in [0, 0.1) is 0 Å². The van der Waals surface area contributed by atoms with Crippen LogP contribution in [0.3, 0.4) is 0 Å². The Labute approximate surface area is 158 Å². The molecule has 0 bridgehead atoms. The molecule has 0 aliphatic heterocycles. The number of amides is 1. The molecule has 3 aromatic rings. The monoisotopic (exact) mass is 386 g/mol. The lowest BCUT2D eigenvalue weighted by Gasteiger charge is -2.07. The summed E-state index contributed by atoms with van der Waals surface area (Å²) in [5.41, 5.74) is 2.10. The van der Waals surface area contributed by atoms with Gasteiger partial charge in [0, 0.05) is 13.0 Å². The molecule has 2 aromatic carbocycles. The van der Waals surface area contributed by atoms with Crippen LogP contribution in [0.15, 0.2) is 47.3 Å². The summed E-state index contributed by atoms with van der Waals surface area (Å²) in [5.74, 6) is -0.231. The van der Waals surface area contributed by atoms with Crippen LogP contribution in [0.2, 0.25) is 0 Å². The van der Waals surface area contributed by atoms with E-state index in [4.69, 9.17) is 4.74 Å². The fraction of sp³-hybridized carbons (Fsp3) is 0.211. The molecule has 1 heterocycles. The predicted octanol–water partition coefficient (Wildman–Crippen LogP) is 2.72. The zero-order valence-corrected chi connectivity index (χ0v) is 15.2. The minimum absolute atomic E-state index is 0.00292. The molecule has 8 heteroatoms. The van der Waals surface area contributed by atoms with E-state index in [-0.39, 0.29) is 29.4 Å². The zero-order chi connectivity index (χ0) is 19.2. The lowest BCUT2D eigenvalue weighted by atomic mass is 10.1. The predicted molar refractivity (Wildman–Crippen MR) is 102 cm³/mol. The number of aromatic nitrogens is 1. The average Bonchev–Trinajstić information content (AvgIpc) is 3.07. The van der Waals surface area contributed by atoms with E-state index in [0.717, 1.165) is 22.5 Å². The third-order valence-electron chi connectivity index (χ3n) is 3.96. The van der Waals surface area contributed by atoms with E-state index in [1.807, 2.05) is 30.3 Å². The third kappa shape index (κ3) is 4.95. The molecule has 0 unspecified atom stereocenters. The first-order valence-corrected chi connectivity index (χ1v) is 9.14. The fourth-order valence-electron chi connectivity index (χ4n) is 2.58. The molecule has 1 aromatic heterocycles. The van der Waals surface area contributed by atoms with E-state index in [0.29, 0.717) is 23.2 Å². The van der Waals surface area contributed by atoms with Crippen molar-refractivity contribution in [3.05, 3.63) is 63.3 Å². The van der Waals surface area contributed by atoms with Crippen LogP contribution in [0.4, 0.5) is 4.79 Å². The van der Waals surface area contributed by atoms with E-state index >= 15 is 0 Å². The number of aromatic hydroxyl groups is 1. The number of aromatic amines is 1. The first-order chi connectivity index (χ1) is 13.0. The van der Waals surface area contributed by atoms with Crippen molar-refractivity contribution < 1.29 is 19.4 Å². The largest absolute Gasteiger partial charge is 0.506 e. The Morgan fingerprint density at radius 1 is 1.15 bits per heavy atom. The summed E-state index contributed by atoms with van der Waals surface area (Å²) >= 11 is 0.990. The van der Waals surface area contributed by atoms with E-state index in [9.17, 15) is 19.5 Å². The van der Waals surface area contributed by atoms with Gasteiger partial charge in [0.05, 0.1) is 4.70 Å². The standard InChI is InChI=1S/C19H18N2O5S/c22-14(11-26-18(24)20-10-12-4-2-1-3-5-12)8-6-13-7-9-15(23)16-17(13)27-19(25)21-16/h1-5,7,9,23H,6,8,10-11H2,(H,20,24)(H,21,25). The minimum Gasteiger partial charge on any atom is -0.506 e. The van der Waals surface area contributed by atoms with Crippen molar-refractivity contribution >= 4 is 33.4 Å². The average molecular weight is 386 g/mol. The number of fused-ring (bicyclic) bond motifs is 1. The number of phenolic OH excluding ortho intramolecular Hbond substituents is 1. The molecule has 0 aliphatic rings. The highest BCUT2D eigenvalue weighted by Gasteiger charge is 2.12. The molecule has 0 aliphatic carbocycles. The number of benzene rings is 2. The van der Waals surface area contributed by atoms with Crippen LogP contribution in [0.1, 0.15) is 17.5 Å². The molecule has 0 saturated heterocycles. The van der Waals surface area contributed by atoms with E-state index < -0.39 is 6.09 Å². The molecule has 0 spiro atoms. The molecule has 3 N–H and O–H groups in total. The zero-order valence-electron chi connectivity index (χ0n) is 14.4. The Kier molecular flexibility index (Phi) is 5.87. The molecule has 0 saturated carbocycles. The third-order valence-corrected chi connectivity index (χ3v) is 4.91. The van der Waals surface area contributed by atoms with Crippen LogP contribution in [0.25, 0.3) is 10.2 Å². The summed E-state index contributed by atoms with van der Waals surface area (Å²) in [5, 5.41) is 12.4. The second kappa shape index (κ2) is 8.50. The number of thiazole rings is 1. The Balaban J connectivity index is 1.47. The number of hydrogen-bond donors (Lipinski definition) is 3. The SMILES string of the molecule is O=C(CCc1ccc(O)c2[nH]c(=O)sc12)COC(=O)NCc1ccccc1. The second-order valence-corrected chi connectivity index (χ2v) is 6.90. The summed E-state index contributed by atoms with van der Waals surface area (Å²) in [6.45, 7) is 0.0109. The number of Topliss-reactive ketones (excluding diaryl/α,β-unsaturated/α-hetero) is 1. The van der Waals surface area contributed by atoms with Gasteiger partial charge >= 0.3 is 11.0 Å². The number of nitrogens with one attached hydrogen (secondary N) is 2. The number of hydrogen-bond acceptors (Lipinski definition) is 6. The van der Waals surface area contributed by atoms with Crippen molar-refractivity contribution in [3.63, 3.8) is 0 Å². The number of carbonyl (C=O) groups is 2. The van der Waals surface area contributed by atoms with Gasteiger partial charge in [0.2, 0.25) is 0 Å². The second-order valence-electron chi connectivity index (χ2n) is 5.92. The Morgan fingerprint density at radius 3 is 2.70 bits per heavy atom. The van der Waals surface area contributed by atoms with Crippen LogP contribution in [0.5, 0.6) is 5.75 Å². The summed E-state index contributed by atoms with van der Waals surface area (Å²) in [6.07, 6.45) is -0.0980. The summed E-state index contributed by atoms with van der Waals surface area (Å²) in [4.78, 5) is 37.4. The summed E-state index contributed by atoms with van der Waals surface area (Å²) in [7, 11) is 0. The maximum Gasteiger partial charge on any atom is 0.407 e. The first-order valence-electron chi connectivity index (χ1n) is 8.33. The number of carbonyl (C=O) groups excluding carboxylic acids is 2. The topological polar surface area (TPSA) is 108 Å². The summed E-state index contributed by atoms with van der Waals surface area (Å²) < 4.78 is 5.57. The van der Waals surface area contributed by atoms with Crippen LogP contribution in [-0.2, 0) is 22.5 Å². The van der Waals surface area contributed by atoms with Crippen LogP contribution in [-0.4, -0.2) is 28.6 Å². The number of ketones is 1. The van der Waals surface area contributed by atoms with Gasteiger partial charge in [0.1, 0.15) is 11.3 Å². The lowest BCUT2D eigenvalue weighted by molar-refractivity contribution is -0.121. The Bertz CT molecular complexity index is 1010. The van der Waals surface area contributed by atoms with E-state index in [1.165, 1.54) is 6.07 Å². The molecule has 0 atom stereocenters. The Morgan fingerprint density at radius 2 is 1.93 bits per heavy atom. The van der Waals surface area contributed by atoms with Crippen molar-refractivity contribution in [2.75, 3.05) is 6.61 Å². The highest BCUT2D eigenvalue weighted by atomic mass is 32.1. The van der Waals surface area contributed by atoms with Crippen molar-refractivity contribution in [1.29, 1.82) is 0 Å².